The quantitative estimate of drug-likeness (QED) is 0.872. The van der Waals surface area contributed by atoms with Crippen molar-refractivity contribution in [1.29, 1.82) is 0 Å². The first-order valence-electron chi connectivity index (χ1n) is 6.75. The first-order chi connectivity index (χ1) is 9.11. The zero-order chi connectivity index (χ0) is 13.8. The lowest BCUT2D eigenvalue weighted by molar-refractivity contribution is 0.196. The monoisotopic (exact) mass is 264 g/mol. The Hall–Kier alpha value is -1.17. The molecule has 1 aliphatic heterocycles. The summed E-state index contributed by atoms with van der Waals surface area (Å²) in [5, 5.41) is 0. The Kier molecular flexibility index (Phi) is 4.74. The Balaban J connectivity index is 2.17. The van der Waals surface area contributed by atoms with Gasteiger partial charge in [0, 0.05) is 24.8 Å². The second-order valence-corrected chi connectivity index (χ2v) is 5.35. The molecule has 5 nitrogen and oxygen atoms in total. The van der Waals surface area contributed by atoms with Crippen LogP contribution in [0.5, 0.6) is 5.75 Å². The third kappa shape index (κ3) is 3.43. The van der Waals surface area contributed by atoms with E-state index in [4.69, 9.17) is 10.5 Å². The smallest absolute Gasteiger partial charge is 0.137 e. The normalized spacial score (nSPS) is 23.9. The fourth-order valence-corrected chi connectivity index (χ4v) is 2.65. The van der Waals surface area contributed by atoms with E-state index in [0.717, 1.165) is 30.9 Å². The van der Waals surface area contributed by atoms with Crippen molar-refractivity contribution >= 4 is 0 Å². The van der Waals surface area contributed by atoms with Crippen molar-refractivity contribution in [3.63, 3.8) is 0 Å². The summed E-state index contributed by atoms with van der Waals surface area (Å²) in [6.07, 6.45) is 4.73. The van der Waals surface area contributed by atoms with Crippen molar-refractivity contribution in [3.8, 4) is 5.75 Å². The van der Waals surface area contributed by atoms with Crippen LogP contribution in [0.15, 0.2) is 18.5 Å². The van der Waals surface area contributed by atoms with E-state index < -0.39 is 0 Å². The second-order valence-electron chi connectivity index (χ2n) is 5.35. The van der Waals surface area contributed by atoms with Crippen molar-refractivity contribution in [2.24, 2.45) is 5.73 Å². The number of ether oxygens (including phenoxy) is 1. The Morgan fingerprint density at radius 3 is 2.89 bits per heavy atom. The highest BCUT2D eigenvalue weighted by Crippen LogP contribution is 2.23. The number of hydrogen-bond acceptors (Lipinski definition) is 5. The van der Waals surface area contributed by atoms with E-state index in [0.29, 0.717) is 6.04 Å². The van der Waals surface area contributed by atoms with E-state index in [9.17, 15) is 0 Å². The predicted molar refractivity (Wildman–Crippen MR) is 76.2 cm³/mol. The maximum Gasteiger partial charge on any atom is 0.137 e. The van der Waals surface area contributed by atoms with Crippen LogP contribution >= 0.6 is 0 Å². The molecule has 0 saturated carbocycles. The predicted octanol–water partition coefficient (Wildman–Crippen LogP) is 0.726. The summed E-state index contributed by atoms with van der Waals surface area (Å²) < 4.78 is 5.22. The van der Waals surface area contributed by atoms with Gasteiger partial charge in [-0.1, -0.05) is 0 Å². The van der Waals surface area contributed by atoms with Gasteiger partial charge in [-0.05, 0) is 45.2 Å². The highest BCUT2D eigenvalue weighted by atomic mass is 16.5. The molecule has 2 atom stereocenters. The van der Waals surface area contributed by atoms with Gasteiger partial charge in [0.05, 0.1) is 13.3 Å². The van der Waals surface area contributed by atoms with Crippen LogP contribution in [-0.4, -0.2) is 61.7 Å². The van der Waals surface area contributed by atoms with Crippen molar-refractivity contribution in [2.45, 2.75) is 18.5 Å². The molecule has 2 heterocycles. The summed E-state index contributed by atoms with van der Waals surface area (Å²) >= 11 is 0. The minimum atomic E-state index is -0.0480. The maximum atomic E-state index is 6.45. The Morgan fingerprint density at radius 1 is 1.37 bits per heavy atom. The van der Waals surface area contributed by atoms with E-state index in [2.05, 4.69) is 28.9 Å². The van der Waals surface area contributed by atoms with Crippen LogP contribution in [0.1, 0.15) is 18.0 Å². The number of aromatic nitrogens is 1. The summed E-state index contributed by atoms with van der Waals surface area (Å²) in [5.41, 5.74) is 7.49. The van der Waals surface area contributed by atoms with Gasteiger partial charge in [-0.2, -0.15) is 0 Å². The number of nitrogens with two attached hydrogens (primary N) is 1. The third-order valence-electron chi connectivity index (χ3n) is 3.88. The topological polar surface area (TPSA) is 54.6 Å². The summed E-state index contributed by atoms with van der Waals surface area (Å²) in [5.74, 6) is 0.762. The summed E-state index contributed by atoms with van der Waals surface area (Å²) in [6, 6.07) is 2.24. The molecule has 5 heteroatoms. The molecule has 1 aromatic heterocycles. The van der Waals surface area contributed by atoms with E-state index in [1.54, 1.807) is 13.3 Å². The standard InChI is InChI=1S/C14H24N4O/c1-17-5-4-6-18(2)13(10-17)14(15)11-7-12(19-3)9-16-8-11/h7-9,13-14H,4-6,10,15H2,1-3H3. The van der Waals surface area contributed by atoms with Crippen molar-refractivity contribution in [2.75, 3.05) is 40.8 Å². The number of rotatable bonds is 3. The van der Waals surface area contributed by atoms with Gasteiger partial charge < -0.3 is 20.3 Å². The molecule has 106 valence electrons. The summed E-state index contributed by atoms with van der Waals surface area (Å²) in [7, 11) is 5.96. The average Bonchev–Trinajstić information content (AvgIpc) is 2.59. The lowest BCUT2D eigenvalue weighted by atomic mass is 10.0. The zero-order valence-electron chi connectivity index (χ0n) is 12.0. The largest absolute Gasteiger partial charge is 0.495 e. The first kappa shape index (κ1) is 14.2. The molecule has 0 radical (unpaired) electrons. The van der Waals surface area contributed by atoms with Gasteiger partial charge in [0.1, 0.15) is 5.75 Å². The Bertz CT molecular complexity index is 412. The molecular formula is C14H24N4O. The maximum absolute atomic E-state index is 6.45. The minimum absolute atomic E-state index is 0.0480. The van der Waals surface area contributed by atoms with Crippen LogP contribution < -0.4 is 10.5 Å². The van der Waals surface area contributed by atoms with Gasteiger partial charge in [0.25, 0.3) is 0 Å². The van der Waals surface area contributed by atoms with E-state index in [1.165, 1.54) is 6.42 Å². The molecule has 19 heavy (non-hydrogen) atoms. The van der Waals surface area contributed by atoms with Crippen molar-refractivity contribution in [1.82, 2.24) is 14.8 Å². The molecule has 0 bridgehead atoms. The Labute approximate surface area is 115 Å². The van der Waals surface area contributed by atoms with Gasteiger partial charge in [-0.15, -0.1) is 0 Å². The molecule has 1 saturated heterocycles. The van der Waals surface area contributed by atoms with Crippen LogP contribution in [0.25, 0.3) is 0 Å². The number of nitrogens with zero attached hydrogens (tertiary/aromatic N) is 3. The third-order valence-corrected chi connectivity index (χ3v) is 3.88. The summed E-state index contributed by atoms with van der Waals surface area (Å²) in [4.78, 5) is 8.91. The first-order valence-corrected chi connectivity index (χ1v) is 6.75. The molecule has 2 rings (SSSR count). The van der Waals surface area contributed by atoms with Gasteiger partial charge >= 0.3 is 0 Å². The zero-order valence-corrected chi connectivity index (χ0v) is 12.0. The molecule has 0 aliphatic carbocycles. The molecule has 0 spiro atoms. The van der Waals surface area contributed by atoms with Crippen molar-refractivity contribution in [3.05, 3.63) is 24.0 Å². The van der Waals surface area contributed by atoms with Gasteiger partial charge in [-0.3, -0.25) is 4.98 Å². The van der Waals surface area contributed by atoms with Gasteiger partial charge in [0.15, 0.2) is 0 Å². The van der Waals surface area contributed by atoms with E-state index >= 15 is 0 Å². The van der Waals surface area contributed by atoms with Crippen LogP contribution in [0, 0.1) is 0 Å². The van der Waals surface area contributed by atoms with E-state index in [1.807, 2.05) is 12.3 Å². The molecule has 2 unspecified atom stereocenters. The van der Waals surface area contributed by atoms with Crippen molar-refractivity contribution < 1.29 is 4.74 Å². The number of methoxy groups -OCH3 is 1. The second kappa shape index (κ2) is 6.32. The van der Waals surface area contributed by atoms with Gasteiger partial charge in [0.2, 0.25) is 0 Å². The fraction of sp³-hybridized carbons (Fsp3) is 0.643. The fourth-order valence-electron chi connectivity index (χ4n) is 2.65. The SMILES string of the molecule is COc1cncc(C(N)C2CN(C)CCCN2C)c1. The van der Waals surface area contributed by atoms with E-state index in [-0.39, 0.29) is 6.04 Å². The van der Waals surface area contributed by atoms with Gasteiger partial charge in [-0.25, -0.2) is 0 Å². The lowest BCUT2D eigenvalue weighted by Gasteiger charge is -2.32. The molecule has 2 N–H and O–H groups in total. The van der Waals surface area contributed by atoms with Crippen LogP contribution in [0.4, 0.5) is 0 Å². The lowest BCUT2D eigenvalue weighted by Crippen LogP contribution is -2.45. The molecule has 1 aliphatic rings. The van der Waals surface area contributed by atoms with Crippen LogP contribution in [0.3, 0.4) is 0 Å². The average molecular weight is 264 g/mol. The Morgan fingerprint density at radius 2 is 2.16 bits per heavy atom. The molecule has 1 fully saturated rings. The minimum Gasteiger partial charge on any atom is -0.495 e. The number of pyridine rings is 1. The highest BCUT2D eigenvalue weighted by molar-refractivity contribution is 5.26. The molecule has 0 aromatic carbocycles. The van der Waals surface area contributed by atoms with Crippen LogP contribution in [0.2, 0.25) is 0 Å². The van der Waals surface area contributed by atoms with Crippen LogP contribution in [-0.2, 0) is 0 Å². The highest BCUT2D eigenvalue weighted by Gasteiger charge is 2.27. The molecular weight excluding hydrogens is 240 g/mol. The number of hydrogen-bond donors (Lipinski definition) is 1. The number of likely N-dealkylation sites (N-methyl/N-ethyl adjacent to an activating group) is 2. The molecule has 0 amide bonds. The molecule has 1 aromatic rings. The summed E-state index contributed by atoms with van der Waals surface area (Å²) in [6.45, 7) is 3.19.